The van der Waals surface area contributed by atoms with E-state index in [1.165, 1.54) is 28.1 Å². The van der Waals surface area contributed by atoms with E-state index < -0.39 is 0 Å². The average Bonchev–Trinajstić information content (AvgIpc) is 3.44. The zero-order chi connectivity index (χ0) is 29.5. The number of hydrogen-bond donors (Lipinski definition) is 0. The van der Waals surface area contributed by atoms with Gasteiger partial charge in [-0.3, -0.25) is 14.7 Å². The maximum Gasteiger partial charge on any atom is 0.246 e. The number of nitriles is 1. The van der Waals surface area contributed by atoms with Crippen molar-refractivity contribution in [1.82, 2.24) is 14.8 Å². The predicted molar refractivity (Wildman–Crippen MR) is 167 cm³/mol. The number of amides is 1. The van der Waals surface area contributed by atoms with E-state index in [2.05, 4.69) is 84.6 Å². The van der Waals surface area contributed by atoms with Crippen molar-refractivity contribution in [2.45, 2.75) is 51.4 Å². The van der Waals surface area contributed by atoms with E-state index in [9.17, 15) is 10.1 Å². The lowest BCUT2D eigenvalue weighted by atomic mass is 9.91. The van der Waals surface area contributed by atoms with Gasteiger partial charge in [0, 0.05) is 56.0 Å². The highest BCUT2D eigenvalue weighted by Gasteiger charge is 2.39. The van der Waals surface area contributed by atoms with Crippen LogP contribution in [-0.4, -0.2) is 73.6 Å². The molecule has 8 nitrogen and oxygen atoms in total. The summed E-state index contributed by atoms with van der Waals surface area (Å²) in [5.74, 6) is -0.0523. The van der Waals surface area contributed by atoms with E-state index in [0.717, 1.165) is 42.0 Å². The Balaban J connectivity index is 1.50. The highest BCUT2D eigenvalue weighted by Crippen LogP contribution is 2.45. The molecule has 218 valence electrons. The molecule has 0 spiro atoms. The molecule has 3 aliphatic rings. The molecule has 6 rings (SSSR count). The van der Waals surface area contributed by atoms with Crippen LogP contribution in [0.5, 0.6) is 0 Å². The quantitative estimate of drug-likeness (QED) is 0.399. The number of carbonyl (C=O) groups is 1. The Morgan fingerprint density at radius 3 is 2.60 bits per heavy atom. The molecule has 3 aromatic rings. The fraction of sp³-hybridized carbons (Fsp3) is 0.441. The van der Waals surface area contributed by atoms with Crippen molar-refractivity contribution in [3.05, 3.63) is 77.1 Å². The summed E-state index contributed by atoms with van der Waals surface area (Å²) >= 11 is 0. The van der Waals surface area contributed by atoms with E-state index >= 15 is 0 Å². The van der Waals surface area contributed by atoms with Gasteiger partial charge in [-0.2, -0.15) is 5.26 Å². The highest BCUT2D eigenvalue weighted by molar-refractivity contribution is 5.97. The van der Waals surface area contributed by atoms with Crippen LogP contribution >= 0.6 is 0 Å². The molecule has 42 heavy (non-hydrogen) atoms. The van der Waals surface area contributed by atoms with Gasteiger partial charge in [0.25, 0.3) is 0 Å². The molecule has 2 fully saturated rings. The van der Waals surface area contributed by atoms with E-state index in [0.29, 0.717) is 38.3 Å². The van der Waals surface area contributed by atoms with Gasteiger partial charge in [-0.1, -0.05) is 36.9 Å². The number of benzene rings is 2. The van der Waals surface area contributed by atoms with Crippen LogP contribution in [0, 0.1) is 18.3 Å². The number of aromatic nitrogens is 1. The summed E-state index contributed by atoms with van der Waals surface area (Å²) in [7, 11) is 3.88. The molecule has 3 unspecified atom stereocenters. The van der Waals surface area contributed by atoms with Crippen LogP contribution in [-0.2, 0) is 16.1 Å². The fourth-order valence-electron chi connectivity index (χ4n) is 7.34. The Labute approximate surface area is 248 Å². The van der Waals surface area contributed by atoms with Gasteiger partial charge in [0.15, 0.2) is 0 Å². The zero-order valence-electron chi connectivity index (χ0n) is 25.1. The smallest absolute Gasteiger partial charge is 0.246 e. The maximum absolute atomic E-state index is 12.5. The molecule has 0 saturated carbocycles. The number of methoxy groups -OCH3 is 1. The summed E-state index contributed by atoms with van der Waals surface area (Å²) in [6, 6.07) is 15.6. The third-order valence-electron chi connectivity index (χ3n) is 9.43. The number of piperazine rings is 1. The number of hydrogen-bond acceptors (Lipinski definition) is 7. The van der Waals surface area contributed by atoms with Crippen molar-refractivity contribution >= 4 is 28.1 Å². The molecule has 4 heterocycles. The number of aryl methyl sites for hydroxylation is 1. The lowest BCUT2D eigenvalue weighted by Gasteiger charge is -2.44. The first-order chi connectivity index (χ1) is 20.4. The molecular formula is C34H40N6O2. The summed E-state index contributed by atoms with van der Waals surface area (Å²) in [6.45, 7) is 12.0. The minimum Gasteiger partial charge on any atom is -0.375 e. The van der Waals surface area contributed by atoms with Gasteiger partial charge in [0.1, 0.15) is 12.2 Å². The van der Waals surface area contributed by atoms with Gasteiger partial charge in [-0.05, 0) is 63.4 Å². The summed E-state index contributed by atoms with van der Waals surface area (Å²) in [4.78, 5) is 26.7. The number of nitrogens with zero attached hydrogens (tertiary/aromatic N) is 6. The number of likely N-dealkylation sites (tertiary alicyclic amines) is 1. The molecular weight excluding hydrogens is 524 g/mol. The number of ether oxygens (including phenoxy) is 1. The van der Waals surface area contributed by atoms with Gasteiger partial charge in [0.05, 0.1) is 35.2 Å². The van der Waals surface area contributed by atoms with Gasteiger partial charge >= 0.3 is 0 Å². The largest absolute Gasteiger partial charge is 0.375 e. The van der Waals surface area contributed by atoms with E-state index in [-0.39, 0.29) is 24.1 Å². The third-order valence-corrected chi connectivity index (χ3v) is 9.43. The molecule has 0 radical (unpaired) electrons. The molecule has 0 aliphatic carbocycles. The van der Waals surface area contributed by atoms with Gasteiger partial charge < -0.3 is 19.4 Å². The number of pyridine rings is 1. The number of anilines is 2. The van der Waals surface area contributed by atoms with Gasteiger partial charge in [-0.25, -0.2) is 0 Å². The van der Waals surface area contributed by atoms with Crippen molar-refractivity contribution in [3.8, 4) is 6.07 Å². The van der Waals surface area contributed by atoms with Gasteiger partial charge in [-0.15, -0.1) is 0 Å². The van der Waals surface area contributed by atoms with Crippen LogP contribution in [0.2, 0.25) is 0 Å². The van der Waals surface area contributed by atoms with Crippen LogP contribution in [0.25, 0.3) is 10.8 Å². The molecule has 3 atom stereocenters. The molecule has 2 aromatic carbocycles. The second-order valence-electron chi connectivity index (χ2n) is 11.9. The summed E-state index contributed by atoms with van der Waals surface area (Å²) < 4.78 is 6.23. The minimum absolute atomic E-state index is 0.0167. The van der Waals surface area contributed by atoms with E-state index in [4.69, 9.17) is 9.72 Å². The predicted octanol–water partition coefficient (Wildman–Crippen LogP) is 5.11. The monoisotopic (exact) mass is 564 g/mol. The lowest BCUT2D eigenvalue weighted by molar-refractivity contribution is -0.128. The normalized spacial score (nSPS) is 22.7. The Morgan fingerprint density at radius 2 is 1.93 bits per heavy atom. The lowest BCUT2D eigenvalue weighted by Crippen LogP contribution is -2.54. The standard InChI is InChI=1S/C34H40N6O2/c1-6-30(41)40-17-16-38(19-23(40)3)34-25(18-35)33(28-14-9-15-37(28)4)36-26-20-39(21-29(42-5)32(26)34)27-13-8-12-24-11-7-10-22(2)31(24)27/h6-8,10-13,23,28-29H,1,9,14-17,19-21H2,2-5H3. The number of fused-ring (bicyclic) bond motifs is 2. The van der Waals surface area contributed by atoms with Crippen LogP contribution in [0.15, 0.2) is 49.1 Å². The Bertz CT molecular complexity index is 1570. The Kier molecular flexibility index (Phi) is 7.65. The van der Waals surface area contributed by atoms with E-state index in [1.54, 1.807) is 7.11 Å². The van der Waals surface area contributed by atoms with Crippen molar-refractivity contribution in [2.24, 2.45) is 0 Å². The first-order valence-electron chi connectivity index (χ1n) is 15.0. The van der Waals surface area contributed by atoms with Crippen molar-refractivity contribution in [2.75, 3.05) is 56.7 Å². The number of carbonyl (C=O) groups excluding carboxylic acids is 1. The van der Waals surface area contributed by atoms with Crippen LogP contribution in [0.1, 0.15) is 60.0 Å². The van der Waals surface area contributed by atoms with Crippen LogP contribution in [0.3, 0.4) is 0 Å². The molecule has 0 N–H and O–H groups in total. The molecule has 0 bridgehead atoms. The number of rotatable bonds is 5. The molecule has 8 heteroatoms. The summed E-state index contributed by atoms with van der Waals surface area (Å²) in [5.41, 5.74) is 6.87. The van der Waals surface area contributed by atoms with Crippen LogP contribution in [0.4, 0.5) is 11.4 Å². The van der Waals surface area contributed by atoms with Crippen molar-refractivity contribution in [3.63, 3.8) is 0 Å². The first-order valence-corrected chi connectivity index (χ1v) is 15.0. The van der Waals surface area contributed by atoms with Crippen molar-refractivity contribution < 1.29 is 9.53 Å². The molecule has 3 aliphatic heterocycles. The minimum atomic E-state index is -0.263. The second-order valence-corrected chi connectivity index (χ2v) is 11.9. The van der Waals surface area contributed by atoms with Gasteiger partial charge in [0.2, 0.25) is 5.91 Å². The summed E-state index contributed by atoms with van der Waals surface area (Å²) in [5, 5.41) is 13.2. The molecule has 2 saturated heterocycles. The topological polar surface area (TPSA) is 75.9 Å². The zero-order valence-corrected chi connectivity index (χ0v) is 25.1. The molecule has 1 amide bonds. The first kappa shape index (κ1) is 28.2. The third kappa shape index (κ3) is 4.71. The maximum atomic E-state index is 12.5. The Hall–Kier alpha value is -3.93. The Morgan fingerprint density at radius 1 is 1.14 bits per heavy atom. The van der Waals surface area contributed by atoms with Crippen LogP contribution < -0.4 is 9.80 Å². The highest BCUT2D eigenvalue weighted by atomic mass is 16.5. The van der Waals surface area contributed by atoms with Crippen molar-refractivity contribution in [1.29, 1.82) is 5.26 Å². The second kappa shape index (κ2) is 11.4. The fourth-order valence-corrected chi connectivity index (χ4v) is 7.34. The van der Waals surface area contributed by atoms with E-state index in [1.807, 2.05) is 4.90 Å². The molecule has 1 aromatic heterocycles. The average molecular weight is 565 g/mol. The summed E-state index contributed by atoms with van der Waals surface area (Å²) in [6.07, 6.45) is 3.19. The SMILES string of the molecule is C=CC(=O)N1CCN(c2c(C#N)c(C3CCCN3C)nc3c2C(OC)CN(c2cccc4cccc(C)c24)C3)CC1C.